The molecule has 4 aliphatic carbocycles. The maximum Gasteiger partial charge on any atom is 0.156 e. The van der Waals surface area contributed by atoms with E-state index < -0.39 is 0 Å². The van der Waals surface area contributed by atoms with Crippen molar-refractivity contribution in [3.63, 3.8) is 0 Å². The Morgan fingerprint density at radius 1 is 1.05 bits per heavy atom. The van der Waals surface area contributed by atoms with Gasteiger partial charge in [-0.05, 0) is 60.5 Å². The number of carbonyl (C=O) groups is 2. The fraction of sp³-hybridized carbons (Fsp3) is 0.684. The van der Waals surface area contributed by atoms with Crippen LogP contribution in [0.5, 0.6) is 0 Å². The molecular formula is C19H23BrO2. The molecule has 3 heteroatoms. The first kappa shape index (κ1) is 14.9. The van der Waals surface area contributed by atoms with Gasteiger partial charge in [-0.1, -0.05) is 35.9 Å². The third kappa shape index (κ3) is 1.78. The summed E-state index contributed by atoms with van der Waals surface area (Å²) >= 11 is 3.74. The standard InChI is InChI=1S/C19H23BrO2/c1-18-7-5-11(21)9-15(18)16(20)10-12-13-3-4-17(22)19(13,2)8-6-14(12)18/h9-10,12-14H,3-8H2,1-2H3/t12-,13-,14-,18+,19-/m0/s1. The fourth-order valence-electron chi connectivity index (χ4n) is 5.84. The van der Waals surface area contributed by atoms with E-state index in [9.17, 15) is 9.59 Å². The Morgan fingerprint density at radius 2 is 1.77 bits per heavy atom. The summed E-state index contributed by atoms with van der Waals surface area (Å²) in [6.07, 6.45) is 9.77. The number of rotatable bonds is 0. The SMILES string of the molecule is C[C@]12CCC(=O)C=C1C(Br)=C[C@@H]1[C@@H]2CC[C@]2(C)C(=O)CC[C@@H]12. The number of hydrogen-bond acceptors (Lipinski definition) is 2. The molecular weight excluding hydrogens is 340 g/mol. The monoisotopic (exact) mass is 362 g/mol. The number of carbonyl (C=O) groups excluding carboxylic acids is 2. The van der Waals surface area contributed by atoms with Gasteiger partial charge in [0.05, 0.1) is 0 Å². The molecule has 0 saturated heterocycles. The van der Waals surface area contributed by atoms with Gasteiger partial charge in [-0.25, -0.2) is 0 Å². The van der Waals surface area contributed by atoms with E-state index >= 15 is 0 Å². The Balaban J connectivity index is 1.82. The van der Waals surface area contributed by atoms with Gasteiger partial charge >= 0.3 is 0 Å². The van der Waals surface area contributed by atoms with Gasteiger partial charge in [-0.3, -0.25) is 9.59 Å². The van der Waals surface area contributed by atoms with Crippen LogP contribution in [0, 0.1) is 28.6 Å². The van der Waals surface area contributed by atoms with E-state index in [0.29, 0.717) is 30.0 Å². The highest BCUT2D eigenvalue weighted by atomic mass is 79.9. The van der Waals surface area contributed by atoms with Crippen LogP contribution in [-0.2, 0) is 9.59 Å². The van der Waals surface area contributed by atoms with E-state index in [1.807, 2.05) is 6.08 Å². The summed E-state index contributed by atoms with van der Waals surface area (Å²) in [6, 6.07) is 0. The fourth-order valence-corrected chi connectivity index (χ4v) is 6.72. The topological polar surface area (TPSA) is 34.1 Å². The van der Waals surface area contributed by atoms with Gasteiger partial charge in [0.25, 0.3) is 0 Å². The van der Waals surface area contributed by atoms with E-state index in [-0.39, 0.29) is 16.6 Å². The first-order chi connectivity index (χ1) is 10.4. The van der Waals surface area contributed by atoms with Crippen molar-refractivity contribution in [3.8, 4) is 0 Å². The molecule has 0 aromatic carbocycles. The van der Waals surface area contributed by atoms with E-state index in [4.69, 9.17) is 0 Å². The van der Waals surface area contributed by atoms with Crippen molar-refractivity contribution in [2.24, 2.45) is 28.6 Å². The van der Waals surface area contributed by atoms with Crippen LogP contribution in [0.3, 0.4) is 0 Å². The van der Waals surface area contributed by atoms with Crippen LogP contribution in [0.2, 0.25) is 0 Å². The van der Waals surface area contributed by atoms with E-state index in [0.717, 1.165) is 36.6 Å². The maximum atomic E-state index is 12.4. The van der Waals surface area contributed by atoms with E-state index in [1.54, 1.807) is 0 Å². The molecule has 0 spiro atoms. The summed E-state index contributed by atoms with van der Waals surface area (Å²) in [7, 11) is 0. The molecule has 2 nitrogen and oxygen atoms in total. The van der Waals surface area contributed by atoms with Crippen LogP contribution in [0.1, 0.15) is 52.4 Å². The molecule has 0 N–H and O–H groups in total. The van der Waals surface area contributed by atoms with Crippen molar-refractivity contribution in [2.45, 2.75) is 52.4 Å². The Morgan fingerprint density at radius 3 is 2.55 bits per heavy atom. The van der Waals surface area contributed by atoms with Crippen LogP contribution in [-0.4, -0.2) is 11.6 Å². The summed E-state index contributed by atoms with van der Waals surface area (Å²) in [5.41, 5.74) is 1.20. The molecule has 4 rings (SSSR count). The maximum absolute atomic E-state index is 12.4. The largest absolute Gasteiger partial charge is 0.299 e. The first-order valence-corrected chi connectivity index (χ1v) is 9.31. The Hall–Kier alpha value is -0.700. The molecule has 0 heterocycles. The second-order valence-electron chi connectivity index (χ2n) is 8.16. The van der Waals surface area contributed by atoms with Crippen molar-refractivity contribution < 1.29 is 9.59 Å². The van der Waals surface area contributed by atoms with Gasteiger partial charge in [-0.2, -0.15) is 0 Å². The normalized spacial score (nSPS) is 47.3. The average Bonchev–Trinajstić information content (AvgIpc) is 2.77. The molecule has 0 radical (unpaired) electrons. The minimum absolute atomic E-state index is 0.0964. The number of fused-ring (bicyclic) bond motifs is 5. The molecule has 0 aromatic rings. The smallest absolute Gasteiger partial charge is 0.156 e. The average molecular weight is 363 g/mol. The van der Waals surface area contributed by atoms with Crippen LogP contribution in [0.25, 0.3) is 0 Å². The zero-order valence-corrected chi connectivity index (χ0v) is 14.9. The third-order valence-electron chi connectivity index (χ3n) is 7.27. The third-order valence-corrected chi connectivity index (χ3v) is 7.96. The molecule has 0 bridgehead atoms. The van der Waals surface area contributed by atoms with Gasteiger partial charge in [0.1, 0.15) is 5.78 Å². The van der Waals surface area contributed by atoms with Gasteiger partial charge in [0, 0.05) is 22.7 Å². The van der Waals surface area contributed by atoms with Gasteiger partial charge < -0.3 is 0 Å². The molecule has 2 fully saturated rings. The highest BCUT2D eigenvalue weighted by Crippen LogP contribution is 2.64. The van der Waals surface area contributed by atoms with Crippen molar-refractivity contribution >= 4 is 27.5 Å². The quantitative estimate of drug-likeness (QED) is 0.631. The highest BCUT2D eigenvalue weighted by Gasteiger charge is 2.58. The molecule has 5 atom stereocenters. The number of allylic oxidation sites excluding steroid dienone is 4. The minimum atomic E-state index is -0.104. The van der Waals surface area contributed by atoms with Crippen LogP contribution in [0.15, 0.2) is 22.2 Å². The van der Waals surface area contributed by atoms with Crippen molar-refractivity contribution in [1.29, 1.82) is 0 Å². The van der Waals surface area contributed by atoms with E-state index in [2.05, 4.69) is 35.9 Å². The number of ketones is 2. The van der Waals surface area contributed by atoms with Gasteiger partial charge in [0.15, 0.2) is 5.78 Å². The highest BCUT2D eigenvalue weighted by molar-refractivity contribution is 9.12. The molecule has 0 aromatic heterocycles. The first-order valence-electron chi connectivity index (χ1n) is 8.52. The lowest BCUT2D eigenvalue weighted by molar-refractivity contribution is -0.130. The van der Waals surface area contributed by atoms with E-state index in [1.165, 1.54) is 5.57 Å². The number of Topliss-reactive ketones (excluding diaryl/α,β-unsaturated/α-hetero) is 1. The molecule has 4 aliphatic rings. The van der Waals surface area contributed by atoms with Crippen molar-refractivity contribution in [3.05, 3.63) is 22.2 Å². The van der Waals surface area contributed by atoms with Crippen molar-refractivity contribution in [1.82, 2.24) is 0 Å². The van der Waals surface area contributed by atoms with Gasteiger partial charge in [0.2, 0.25) is 0 Å². The lowest BCUT2D eigenvalue weighted by Crippen LogP contribution is -2.49. The molecule has 2 saturated carbocycles. The second-order valence-corrected chi connectivity index (χ2v) is 9.02. The molecule has 0 amide bonds. The predicted molar refractivity (Wildman–Crippen MR) is 89.5 cm³/mol. The zero-order chi connectivity index (χ0) is 15.7. The summed E-state index contributed by atoms with van der Waals surface area (Å²) in [6.45, 7) is 4.54. The van der Waals surface area contributed by atoms with Gasteiger partial charge in [-0.15, -0.1) is 0 Å². The zero-order valence-electron chi connectivity index (χ0n) is 13.3. The molecule has 0 aliphatic heterocycles. The number of hydrogen-bond donors (Lipinski definition) is 0. The summed E-state index contributed by atoms with van der Waals surface area (Å²) < 4.78 is 1.10. The molecule has 22 heavy (non-hydrogen) atoms. The van der Waals surface area contributed by atoms with Crippen LogP contribution >= 0.6 is 15.9 Å². The van der Waals surface area contributed by atoms with Crippen LogP contribution in [0.4, 0.5) is 0 Å². The Bertz CT molecular complexity index is 631. The Kier molecular flexibility index (Phi) is 3.15. The molecule has 118 valence electrons. The molecule has 0 unspecified atom stereocenters. The second kappa shape index (κ2) is 4.66. The summed E-state index contributed by atoms with van der Waals surface area (Å²) in [5.74, 6) is 2.29. The minimum Gasteiger partial charge on any atom is -0.299 e. The summed E-state index contributed by atoms with van der Waals surface area (Å²) in [5, 5.41) is 0. The van der Waals surface area contributed by atoms with Crippen LogP contribution < -0.4 is 0 Å². The summed E-state index contributed by atoms with van der Waals surface area (Å²) in [4.78, 5) is 24.3. The lowest BCUT2D eigenvalue weighted by Gasteiger charge is -2.55. The lowest BCUT2D eigenvalue weighted by atomic mass is 9.49. The Labute approximate surface area is 140 Å². The predicted octanol–water partition coefficient (Wildman–Crippen LogP) is 4.59. The number of halogens is 1. The van der Waals surface area contributed by atoms with Crippen molar-refractivity contribution in [2.75, 3.05) is 0 Å².